The number of likely N-dealkylation sites (tertiary alicyclic amines) is 1. The number of phenolic OH excluding ortho intramolecular Hbond substituents is 1. The molecule has 1 aromatic heterocycles. The molecule has 0 radical (unpaired) electrons. The molecule has 4 heteroatoms. The second-order valence-corrected chi connectivity index (χ2v) is 12.1. The van der Waals surface area contributed by atoms with Crippen molar-refractivity contribution >= 4 is 24.0 Å². The van der Waals surface area contributed by atoms with Crippen LogP contribution in [0.2, 0.25) is 0 Å². The van der Waals surface area contributed by atoms with Crippen LogP contribution in [0.4, 0.5) is 0 Å². The zero-order chi connectivity index (χ0) is 24.9. The van der Waals surface area contributed by atoms with Gasteiger partial charge in [-0.3, -0.25) is 4.90 Å². The Balaban J connectivity index is 1.47. The summed E-state index contributed by atoms with van der Waals surface area (Å²) in [4.78, 5) is 4.21. The largest absolute Gasteiger partial charge is 0.504 e. The first-order valence-corrected chi connectivity index (χ1v) is 14.0. The van der Waals surface area contributed by atoms with Gasteiger partial charge in [0, 0.05) is 23.4 Å². The minimum atomic E-state index is -0.0480. The standard InChI is InChI=1S/C32H35NO2S/c1-21-7-4-5-8-24(21)19-25-20-32(3)27-13-15-33(14-12-26-9-6-16-36-26)30(32)18-23-10-11-28(34)29(17-23)35-31(27)22(25)2/h4-11,16-17,19,27,30-31,34H,1,12-15,18,20H2,2-3H3/b24-19-/t27?,30?,31-,32?/m0/s1. The number of allylic oxidation sites excluding steroid dienone is 1. The van der Waals surface area contributed by atoms with E-state index < -0.39 is 0 Å². The summed E-state index contributed by atoms with van der Waals surface area (Å²) in [6.07, 6.45) is 6.49. The maximum Gasteiger partial charge on any atom is 0.162 e. The smallest absolute Gasteiger partial charge is 0.162 e. The van der Waals surface area contributed by atoms with Crippen LogP contribution >= 0.6 is 11.3 Å². The van der Waals surface area contributed by atoms with Gasteiger partial charge in [0.15, 0.2) is 11.5 Å². The summed E-state index contributed by atoms with van der Waals surface area (Å²) in [5.41, 5.74) is 3.95. The van der Waals surface area contributed by atoms with Crippen LogP contribution in [-0.4, -0.2) is 35.2 Å². The molecule has 3 aromatic rings. The van der Waals surface area contributed by atoms with Crippen LogP contribution in [0.25, 0.3) is 12.7 Å². The van der Waals surface area contributed by atoms with Crippen LogP contribution in [-0.2, 0) is 12.8 Å². The minimum Gasteiger partial charge on any atom is -0.504 e. The summed E-state index contributed by atoms with van der Waals surface area (Å²) in [5.74, 6) is 1.26. The Labute approximate surface area is 218 Å². The van der Waals surface area contributed by atoms with Crippen molar-refractivity contribution in [1.82, 2.24) is 4.90 Å². The Morgan fingerprint density at radius 2 is 2.06 bits per heavy atom. The predicted molar refractivity (Wildman–Crippen MR) is 149 cm³/mol. The zero-order valence-corrected chi connectivity index (χ0v) is 22.1. The highest BCUT2D eigenvalue weighted by molar-refractivity contribution is 7.09. The molecule has 1 N–H and O–H groups in total. The molecular weight excluding hydrogens is 462 g/mol. The van der Waals surface area contributed by atoms with Crippen molar-refractivity contribution in [3.05, 3.63) is 92.0 Å². The number of fused-ring (bicyclic) bond motifs is 2. The molecule has 3 nitrogen and oxygen atoms in total. The van der Waals surface area contributed by atoms with E-state index in [0.29, 0.717) is 17.7 Å². The molecule has 186 valence electrons. The van der Waals surface area contributed by atoms with Crippen molar-refractivity contribution in [2.45, 2.75) is 51.7 Å². The van der Waals surface area contributed by atoms with Crippen LogP contribution in [0, 0.1) is 11.3 Å². The van der Waals surface area contributed by atoms with Crippen molar-refractivity contribution in [2.24, 2.45) is 11.3 Å². The van der Waals surface area contributed by atoms with Gasteiger partial charge in [0.05, 0.1) is 0 Å². The van der Waals surface area contributed by atoms with Gasteiger partial charge >= 0.3 is 0 Å². The lowest BCUT2D eigenvalue weighted by molar-refractivity contribution is -0.0655. The van der Waals surface area contributed by atoms with Gasteiger partial charge in [-0.1, -0.05) is 56.0 Å². The van der Waals surface area contributed by atoms with Crippen LogP contribution in [0.3, 0.4) is 0 Å². The van der Waals surface area contributed by atoms with Crippen LogP contribution in [0.1, 0.15) is 37.1 Å². The topological polar surface area (TPSA) is 32.7 Å². The van der Waals surface area contributed by atoms with Crippen molar-refractivity contribution in [1.29, 1.82) is 0 Å². The number of piperidine rings is 1. The molecule has 6 rings (SSSR count). The fourth-order valence-corrected chi connectivity index (χ4v) is 7.61. The Morgan fingerprint density at radius 3 is 2.86 bits per heavy atom. The first-order valence-electron chi connectivity index (χ1n) is 13.1. The molecule has 1 saturated heterocycles. The zero-order valence-electron chi connectivity index (χ0n) is 21.2. The highest BCUT2D eigenvalue weighted by Crippen LogP contribution is 2.54. The number of rotatable bonds is 4. The maximum atomic E-state index is 10.7. The SMILES string of the molecule is C=c1cccc/c1=C/C1=C(C)[C@@H]2Oc3cc(ccc3O)CC3N(CCc4cccs4)CCC2C3(C)C1. The molecule has 1 fully saturated rings. The number of hydrogen-bond acceptors (Lipinski definition) is 4. The number of hydrogen-bond donors (Lipinski definition) is 1. The molecule has 0 saturated carbocycles. The Bertz CT molecular complexity index is 1410. The van der Waals surface area contributed by atoms with E-state index in [1.165, 1.54) is 26.8 Å². The summed E-state index contributed by atoms with van der Waals surface area (Å²) in [7, 11) is 0. The normalized spacial score (nSPS) is 28.3. The lowest BCUT2D eigenvalue weighted by Gasteiger charge is -2.57. The van der Waals surface area contributed by atoms with E-state index in [-0.39, 0.29) is 17.3 Å². The summed E-state index contributed by atoms with van der Waals surface area (Å²) in [5, 5.41) is 15.1. The summed E-state index contributed by atoms with van der Waals surface area (Å²) in [6, 6.07) is 19.2. The van der Waals surface area contributed by atoms with Crippen LogP contribution < -0.4 is 15.2 Å². The fourth-order valence-electron chi connectivity index (χ4n) is 6.91. The van der Waals surface area contributed by atoms with Gasteiger partial charge in [-0.05, 0) is 95.3 Å². The summed E-state index contributed by atoms with van der Waals surface area (Å²) >= 11 is 1.86. The number of phenols is 1. The highest BCUT2D eigenvalue weighted by atomic mass is 32.1. The Kier molecular flexibility index (Phi) is 6.05. The van der Waals surface area contributed by atoms with Gasteiger partial charge in [0.2, 0.25) is 0 Å². The Hall–Kier alpha value is -2.82. The quantitative estimate of drug-likeness (QED) is 0.530. The van der Waals surface area contributed by atoms with E-state index in [4.69, 9.17) is 4.74 Å². The first-order chi connectivity index (χ1) is 17.4. The second-order valence-electron chi connectivity index (χ2n) is 11.1. The number of ether oxygens (including phenoxy) is 1. The molecule has 6 bridgehead atoms. The number of benzene rings is 2. The molecule has 3 heterocycles. The van der Waals surface area contributed by atoms with Gasteiger partial charge in [-0.25, -0.2) is 0 Å². The molecule has 3 unspecified atom stereocenters. The van der Waals surface area contributed by atoms with Gasteiger partial charge in [0.25, 0.3) is 0 Å². The first kappa shape index (κ1) is 23.6. The van der Waals surface area contributed by atoms with Crippen molar-refractivity contribution in [2.75, 3.05) is 13.1 Å². The molecule has 0 amide bonds. The van der Waals surface area contributed by atoms with Crippen molar-refractivity contribution in [3.8, 4) is 11.5 Å². The van der Waals surface area contributed by atoms with E-state index in [2.05, 4.69) is 79.2 Å². The lowest BCUT2D eigenvalue weighted by Crippen LogP contribution is -2.61. The molecular formula is C32H35NO2S. The van der Waals surface area contributed by atoms with E-state index >= 15 is 0 Å². The van der Waals surface area contributed by atoms with Crippen molar-refractivity contribution < 1.29 is 9.84 Å². The molecule has 0 spiro atoms. The number of nitrogens with zero attached hydrogens (tertiary/aromatic N) is 1. The summed E-state index contributed by atoms with van der Waals surface area (Å²) in [6.45, 7) is 11.2. The highest BCUT2D eigenvalue weighted by Gasteiger charge is 2.54. The molecule has 1 aliphatic carbocycles. The predicted octanol–water partition coefficient (Wildman–Crippen LogP) is 5.31. The molecule has 2 aliphatic heterocycles. The summed E-state index contributed by atoms with van der Waals surface area (Å²) < 4.78 is 6.73. The van der Waals surface area contributed by atoms with Gasteiger partial charge < -0.3 is 9.84 Å². The van der Waals surface area contributed by atoms with E-state index in [9.17, 15) is 5.11 Å². The van der Waals surface area contributed by atoms with E-state index in [0.717, 1.165) is 44.0 Å². The fraction of sp³-hybridized carbons (Fsp3) is 0.375. The van der Waals surface area contributed by atoms with Crippen LogP contribution in [0.15, 0.2) is 71.1 Å². The Morgan fingerprint density at radius 1 is 1.19 bits per heavy atom. The van der Waals surface area contributed by atoms with Crippen LogP contribution in [0.5, 0.6) is 11.5 Å². The third kappa shape index (κ3) is 4.10. The van der Waals surface area contributed by atoms with E-state index in [1.54, 1.807) is 0 Å². The monoisotopic (exact) mass is 497 g/mol. The third-order valence-electron chi connectivity index (χ3n) is 8.96. The van der Waals surface area contributed by atoms with Gasteiger partial charge in [0.1, 0.15) is 6.10 Å². The van der Waals surface area contributed by atoms with Gasteiger partial charge in [-0.2, -0.15) is 0 Å². The molecule has 3 aliphatic rings. The third-order valence-corrected chi connectivity index (χ3v) is 9.90. The minimum absolute atomic E-state index is 0.0480. The number of thiophene rings is 1. The molecule has 4 atom stereocenters. The lowest BCUT2D eigenvalue weighted by atomic mass is 9.56. The van der Waals surface area contributed by atoms with Crippen molar-refractivity contribution in [3.63, 3.8) is 0 Å². The maximum absolute atomic E-state index is 10.7. The second kappa shape index (κ2) is 9.24. The molecule has 2 aromatic carbocycles. The van der Waals surface area contributed by atoms with Gasteiger partial charge in [-0.15, -0.1) is 11.3 Å². The molecule has 36 heavy (non-hydrogen) atoms. The number of aromatic hydroxyl groups is 1. The van der Waals surface area contributed by atoms with E-state index in [1.807, 2.05) is 23.5 Å². The average molecular weight is 498 g/mol. The average Bonchev–Trinajstić information content (AvgIpc) is 3.38.